The molecule has 0 unspecified atom stereocenters. The average Bonchev–Trinajstić information content (AvgIpc) is 3.26. The summed E-state index contributed by atoms with van der Waals surface area (Å²) < 4.78 is 10.1. The fourth-order valence-electron chi connectivity index (χ4n) is 4.46. The van der Waals surface area contributed by atoms with Crippen molar-refractivity contribution in [3.8, 4) is 11.3 Å². The Balaban J connectivity index is 1.52. The van der Waals surface area contributed by atoms with Gasteiger partial charge in [-0.3, -0.25) is 14.6 Å². The van der Waals surface area contributed by atoms with Crippen LogP contribution in [-0.2, 0) is 4.79 Å². The van der Waals surface area contributed by atoms with Gasteiger partial charge in [0.25, 0.3) is 5.91 Å². The molecule has 0 aliphatic heterocycles. The molecule has 0 aromatic carbocycles. The summed E-state index contributed by atoms with van der Waals surface area (Å²) in [6.07, 6.45) is 9.09. The van der Waals surface area contributed by atoms with E-state index in [4.69, 9.17) is 9.05 Å². The number of aryl methyl sites for hydroxylation is 3. The van der Waals surface area contributed by atoms with E-state index in [0.717, 1.165) is 55.5 Å². The maximum Gasteiger partial charge on any atom is 0.257 e. The number of aromatic nitrogens is 3. The lowest BCUT2D eigenvalue weighted by atomic mass is 9.90. The minimum absolute atomic E-state index is 0.0613. The Morgan fingerprint density at radius 1 is 1.03 bits per heavy atom. The SMILES string of the molecule is Cc1nocc1C(=O)N[C@H](C(=O)Nc1ccc(-c2c(C)noc2C)nc1)C1CCCCCC1. The van der Waals surface area contributed by atoms with E-state index < -0.39 is 6.04 Å². The molecular formula is C24H29N5O4. The molecule has 2 amide bonds. The van der Waals surface area contributed by atoms with Crippen LogP contribution in [0.15, 0.2) is 33.6 Å². The van der Waals surface area contributed by atoms with Crippen LogP contribution in [0.1, 0.15) is 66.0 Å². The molecule has 3 aromatic rings. The van der Waals surface area contributed by atoms with Crippen molar-refractivity contribution in [1.29, 1.82) is 0 Å². The molecule has 0 saturated heterocycles. The van der Waals surface area contributed by atoms with Crippen LogP contribution in [0.5, 0.6) is 0 Å². The number of carbonyl (C=O) groups is 2. The third kappa shape index (κ3) is 5.13. The summed E-state index contributed by atoms with van der Waals surface area (Å²) in [7, 11) is 0. The van der Waals surface area contributed by atoms with Crippen LogP contribution in [0.25, 0.3) is 11.3 Å². The van der Waals surface area contributed by atoms with Gasteiger partial charge in [0.05, 0.1) is 34.5 Å². The van der Waals surface area contributed by atoms with Gasteiger partial charge in [-0.25, -0.2) is 0 Å². The molecule has 3 heterocycles. The second-order valence-corrected chi connectivity index (χ2v) is 8.64. The lowest BCUT2D eigenvalue weighted by Crippen LogP contribution is -2.48. The second kappa shape index (κ2) is 9.97. The molecule has 4 rings (SSSR count). The van der Waals surface area contributed by atoms with Gasteiger partial charge in [-0.1, -0.05) is 36.0 Å². The van der Waals surface area contributed by atoms with Crippen LogP contribution >= 0.6 is 0 Å². The van der Waals surface area contributed by atoms with Gasteiger partial charge in [-0.15, -0.1) is 0 Å². The molecule has 33 heavy (non-hydrogen) atoms. The topological polar surface area (TPSA) is 123 Å². The number of amides is 2. The van der Waals surface area contributed by atoms with Crippen molar-refractivity contribution in [2.45, 2.75) is 65.3 Å². The number of rotatable bonds is 6. The van der Waals surface area contributed by atoms with Crippen molar-refractivity contribution in [3.63, 3.8) is 0 Å². The molecule has 9 nitrogen and oxygen atoms in total. The van der Waals surface area contributed by atoms with E-state index in [-0.39, 0.29) is 17.7 Å². The summed E-state index contributed by atoms with van der Waals surface area (Å²) in [4.78, 5) is 30.6. The normalized spacial score (nSPS) is 15.6. The first-order valence-corrected chi connectivity index (χ1v) is 11.4. The van der Waals surface area contributed by atoms with Crippen LogP contribution < -0.4 is 10.6 Å². The first-order chi connectivity index (χ1) is 15.9. The van der Waals surface area contributed by atoms with Gasteiger partial charge < -0.3 is 19.7 Å². The van der Waals surface area contributed by atoms with Crippen molar-refractivity contribution >= 4 is 17.5 Å². The van der Waals surface area contributed by atoms with E-state index in [1.807, 2.05) is 19.9 Å². The van der Waals surface area contributed by atoms with Crippen LogP contribution in [0.2, 0.25) is 0 Å². The van der Waals surface area contributed by atoms with Gasteiger partial charge in [-0.05, 0) is 51.7 Å². The van der Waals surface area contributed by atoms with Crippen molar-refractivity contribution < 1.29 is 18.6 Å². The number of pyridine rings is 1. The molecule has 0 spiro atoms. The third-order valence-electron chi connectivity index (χ3n) is 6.26. The molecule has 1 fully saturated rings. The number of hydrogen-bond acceptors (Lipinski definition) is 7. The predicted octanol–water partition coefficient (Wildman–Crippen LogP) is 4.36. The zero-order valence-corrected chi connectivity index (χ0v) is 19.2. The van der Waals surface area contributed by atoms with Crippen LogP contribution in [-0.4, -0.2) is 33.2 Å². The summed E-state index contributed by atoms with van der Waals surface area (Å²) >= 11 is 0. The largest absolute Gasteiger partial charge is 0.364 e. The van der Waals surface area contributed by atoms with Crippen molar-refractivity contribution in [2.75, 3.05) is 5.32 Å². The highest BCUT2D eigenvalue weighted by molar-refractivity contribution is 6.01. The maximum absolute atomic E-state index is 13.3. The van der Waals surface area contributed by atoms with E-state index in [1.54, 1.807) is 19.2 Å². The fourth-order valence-corrected chi connectivity index (χ4v) is 4.46. The molecule has 3 aromatic heterocycles. The van der Waals surface area contributed by atoms with Gasteiger partial charge in [0, 0.05) is 0 Å². The Labute approximate surface area is 192 Å². The highest BCUT2D eigenvalue weighted by Gasteiger charge is 2.31. The smallest absolute Gasteiger partial charge is 0.257 e. The minimum Gasteiger partial charge on any atom is -0.364 e. The Hall–Kier alpha value is -3.49. The first-order valence-electron chi connectivity index (χ1n) is 11.4. The van der Waals surface area contributed by atoms with Crippen LogP contribution in [0.4, 0.5) is 5.69 Å². The number of nitrogens with one attached hydrogen (secondary N) is 2. The molecular weight excluding hydrogens is 422 g/mol. The van der Waals surface area contributed by atoms with E-state index in [1.165, 1.54) is 6.26 Å². The Kier molecular flexibility index (Phi) is 6.86. The highest BCUT2D eigenvalue weighted by Crippen LogP contribution is 2.28. The fraction of sp³-hybridized carbons (Fsp3) is 0.458. The Bertz CT molecular complexity index is 1090. The molecule has 0 radical (unpaired) electrons. The van der Waals surface area contributed by atoms with Crippen molar-refractivity contribution in [1.82, 2.24) is 20.6 Å². The molecule has 1 aliphatic carbocycles. The average molecular weight is 452 g/mol. The molecule has 1 atom stereocenters. The second-order valence-electron chi connectivity index (χ2n) is 8.64. The number of anilines is 1. The minimum atomic E-state index is -0.660. The third-order valence-corrected chi connectivity index (χ3v) is 6.26. The zero-order valence-electron chi connectivity index (χ0n) is 19.2. The van der Waals surface area contributed by atoms with Crippen LogP contribution in [0, 0.1) is 26.7 Å². The van der Waals surface area contributed by atoms with E-state index in [0.29, 0.717) is 22.7 Å². The summed E-state index contributed by atoms with van der Waals surface area (Å²) in [5.41, 5.74) is 3.72. The Morgan fingerprint density at radius 2 is 1.79 bits per heavy atom. The van der Waals surface area contributed by atoms with Gasteiger partial charge in [0.1, 0.15) is 23.6 Å². The monoisotopic (exact) mass is 451 g/mol. The summed E-state index contributed by atoms with van der Waals surface area (Å²) in [5.74, 6) is 0.143. The van der Waals surface area contributed by atoms with Crippen LogP contribution in [0.3, 0.4) is 0 Å². The predicted molar refractivity (Wildman–Crippen MR) is 122 cm³/mol. The lowest BCUT2D eigenvalue weighted by molar-refractivity contribution is -0.119. The molecule has 0 bridgehead atoms. The highest BCUT2D eigenvalue weighted by atomic mass is 16.5. The summed E-state index contributed by atoms with van der Waals surface area (Å²) in [5, 5.41) is 13.6. The van der Waals surface area contributed by atoms with Gasteiger partial charge in [0.2, 0.25) is 5.91 Å². The molecule has 9 heteroatoms. The van der Waals surface area contributed by atoms with E-state index >= 15 is 0 Å². The number of nitrogens with zero attached hydrogens (tertiary/aromatic N) is 3. The lowest BCUT2D eigenvalue weighted by Gasteiger charge is -2.26. The molecule has 1 saturated carbocycles. The van der Waals surface area contributed by atoms with E-state index in [2.05, 4.69) is 25.9 Å². The van der Waals surface area contributed by atoms with Crippen molar-refractivity contribution in [3.05, 3.63) is 47.3 Å². The van der Waals surface area contributed by atoms with Crippen molar-refractivity contribution in [2.24, 2.45) is 5.92 Å². The summed E-state index contributed by atoms with van der Waals surface area (Å²) in [6, 6.07) is 2.96. The molecule has 174 valence electrons. The number of carbonyl (C=O) groups excluding carboxylic acids is 2. The number of hydrogen-bond donors (Lipinski definition) is 2. The molecule has 2 N–H and O–H groups in total. The van der Waals surface area contributed by atoms with E-state index in [9.17, 15) is 9.59 Å². The van der Waals surface area contributed by atoms with Gasteiger partial charge >= 0.3 is 0 Å². The maximum atomic E-state index is 13.3. The van der Waals surface area contributed by atoms with Gasteiger partial charge in [-0.2, -0.15) is 0 Å². The quantitative estimate of drug-likeness (QED) is 0.534. The molecule has 1 aliphatic rings. The standard InChI is InChI=1S/C24H29N5O4/c1-14-19(13-32-28-14)23(30)27-22(17-8-6-4-5-7-9-17)24(31)26-18-10-11-20(25-12-18)21-15(2)29-33-16(21)3/h10-13,17,22H,4-9H2,1-3H3,(H,26,31)(H,27,30)/t22-/m0/s1. The van der Waals surface area contributed by atoms with Gasteiger partial charge in [0.15, 0.2) is 0 Å². The Morgan fingerprint density at radius 3 is 2.36 bits per heavy atom. The summed E-state index contributed by atoms with van der Waals surface area (Å²) in [6.45, 7) is 5.40. The zero-order chi connectivity index (χ0) is 23.4. The first kappa shape index (κ1) is 22.7.